The molecule has 5 heteroatoms. The quantitative estimate of drug-likeness (QED) is 0.857. The molecule has 0 atom stereocenters. The van der Waals surface area contributed by atoms with E-state index in [1.54, 1.807) is 11.1 Å². The number of hydrogen-bond donors (Lipinski definition) is 1. The van der Waals surface area contributed by atoms with Crippen molar-refractivity contribution in [1.29, 1.82) is 0 Å². The van der Waals surface area contributed by atoms with Crippen LogP contribution in [0.25, 0.3) is 11.0 Å². The van der Waals surface area contributed by atoms with Crippen molar-refractivity contribution >= 4 is 16.9 Å². The van der Waals surface area contributed by atoms with Crippen LogP contribution in [0.5, 0.6) is 0 Å². The number of halogens is 1. The van der Waals surface area contributed by atoms with Gasteiger partial charge in [0.05, 0.1) is 11.3 Å². The summed E-state index contributed by atoms with van der Waals surface area (Å²) in [5, 5.41) is 0.925. The van der Waals surface area contributed by atoms with Gasteiger partial charge in [-0.3, -0.25) is 4.79 Å². The predicted molar refractivity (Wildman–Crippen MR) is 70.9 cm³/mol. The molecule has 1 fully saturated rings. The Balaban J connectivity index is 1.90. The molecule has 1 aliphatic heterocycles. The van der Waals surface area contributed by atoms with Gasteiger partial charge in [0.1, 0.15) is 11.8 Å². The number of piperidine rings is 1. The van der Waals surface area contributed by atoms with Crippen molar-refractivity contribution in [1.82, 2.24) is 14.9 Å². The summed E-state index contributed by atoms with van der Waals surface area (Å²) in [7, 11) is 0. The highest BCUT2D eigenvalue weighted by atomic mass is 19.1. The fourth-order valence-electron chi connectivity index (χ4n) is 2.51. The van der Waals surface area contributed by atoms with Gasteiger partial charge in [-0.05, 0) is 31.9 Å². The lowest BCUT2D eigenvalue weighted by molar-refractivity contribution is 0.0666. The highest BCUT2D eigenvalue weighted by Gasteiger charge is 2.24. The summed E-state index contributed by atoms with van der Waals surface area (Å²) in [6, 6.07) is 3.75. The third-order valence-corrected chi connectivity index (χ3v) is 3.67. The minimum atomic E-state index is -0.768. The predicted octanol–water partition coefficient (Wildman–Crippen LogP) is 2.45. The first-order valence-corrected chi connectivity index (χ1v) is 6.53. The number of carbonyl (C=O) groups is 1. The van der Waals surface area contributed by atoms with Gasteiger partial charge in [0.25, 0.3) is 5.91 Å². The first kappa shape index (κ1) is 12.1. The minimum Gasteiger partial charge on any atom is -0.346 e. The van der Waals surface area contributed by atoms with Crippen LogP contribution in [-0.2, 0) is 0 Å². The lowest BCUT2D eigenvalue weighted by Crippen LogP contribution is -2.39. The van der Waals surface area contributed by atoms with E-state index in [9.17, 15) is 9.18 Å². The van der Waals surface area contributed by atoms with Gasteiger partial charge in [0.15, 0.2) is 0 Å². The molecule has 2 aromatic heterocycles. The normalized spacial score (nSPS) is 17.1. The van der Waals surface area contributed by atoms with Gasteiger partial charge in [-0.2, -0.15) is 0 Å². The number of pyridine rings is 1. The molecule has 0 radical (unpaired) electrons. The molecule has 1 N–H and O–H groups in total. The van der Waals surface area contributed by atoms with Crippen LogP contribution in [0.4, 0.5) is 4.39 Å². The third kappa shape index (κ3) is 2.20. The van der Waals surface area contributed by atoms with Crippen LogP contribution in [0.3, 0.4) is 0 Å². The molecule has 100 valence electrons. The maximum absolute atomic E-state index is 13.1. The number of amides is 1. The Morgan fingerprint density at radius 3 is 2.95 bits per heavy atom. The van der Waals surface area contributed by atoms with E-state index in [0.29, 0.717) is 37.2 Å². The number of hydrogen-bond acceptors (Lipinski definition) is 2. The molecule has 0 aliphatic carbocycles. The van der Waals surface area contributed by atoms with Gasteiger partial charge in [-0.25, -0.2) is 9.37 Å². The Kier molecular flexibility index (Phi) is 2.97. The van der Waals surface area contributed by atoms with Crippen LogP contribution < -0.4 is 0 Å². The summed E-state index contributed by atoms with van der Waals surface area (Å²) in [5.74, 6) is -0.0417. The summed E-state index contributed by atoms with van der Waals surface area (Å²) < 4.78 is 13.1. The zero-order valence-electron chi connectivity index (χ0n) is 10.8. The van der Waals surface area contributed by atoms with Gasteiger partial charge >= 0.3 is 0 Å². The molecule has 0 saturated carbocycles. The van der Waals surface area contributed by atoms with Crippen LogP contribution >= 0.6 is 0 Å². The largest absolute Gasteiger partial charge is 0.346 e. The van der Waals surface area contributed by atoms with Crippen LogP contribution in [0.2, 0.25) is 0 Å². The highest BCUT2D eigenvalue weighted by molar-refractivity contribution is 5.98. The minimum absolute atomic E-state index is 0.0417. The summed E-state index contributed by atoms with van der Waals surface area (Å²) in [4.78, 5) is 21.6. The van der Waals surface area contributed by atoms with Crippen molar-refractivity contribution < 1.29 is 9.18 Å². The number of alkyl halides is 1. The van der Waals surface area contributed by atoms with Crippen LogP contribution in [0, 0.1) is 6.92 Å². The first-order valence-electron chi connectivity index (χ1n) is 6.53. The molecule has 1 aliphatic rings. The Labute approximate surface area is 110 Å². The van der Waals surface area contributed by atoms with E-state index in [4.69, 9.17) is 0 Å². The third-order valence-electron chi connectivity index (χ3n) is 3.67. The maximum atomic E-state index is 13.1. The number of aromatic amines is 1. The molecule has 0 unspecified atom stereocenters. The standard InChI is InChI=1S/C14H16FN3O/c1-9-12(8-10-2-5-16-13(10)17-9)14(19)18-6-3-11(15)4-7-18/h2,5,8,11H,3-4,6-7H2,1H3,(H,16,17). The van der Waals surface area contributed by atoms with E-state index in [2.05, 4.69) is 9.97 Å². The Bertz CT molecular complexity index is 614. The lowest BCUT2D eigenvalue weighted by atomic mass is 10.1. The van der Waals surface area contributed by atoms with Crippen molar-refractivity contribution in [3.05, 3.63) is 29.6 Å². The molecule has 2 aromatic rings. The SMILES string of the molecule is Cc1nc2[nH]ccc2cc1C(=O)N1CCC(F)CC1. The number of carbonyl (C=O) groups excluding carboxylic acids is 1. The van der Waals surface area contributed by atoms with E-state index in [1.165, 1.54) is 0 Å². The fraction of sp³-hybridized carbons (Fsp3) is 0.429. The Morgan fingerprint density at radius 2 is 2.21 bits per heavy atom. The van der Waals surface area contributed by atoms with Gasteiger partial charge in [0.2, 0.25) is 0 Å². The molecule has 0 spiro atoms. The Morgan fingerprint density at radius 1 is 1.47 bits per heavy atom. The zero-order valence-corrected chi connectivity index (χ0v) is 10.8. The van der Waals surface area contributed by atoms with E-state index >= 15 is 0 Å². The molecule has 0 bridgehead atoms. The molecule has 4 nitrogen and oxygen atoms in total. The van der Waals surface area contributed by atoms with Gasteiger partial charge in [0, 0.05) is 24.7 Å². The molecule has 1 amide bonds. The number of nitrogens with zero attached hydrogens (tertiary/aromatic N) is 2. The molecular formula is C14H16FN3O. The number of aryl methyl sites for hydroxylation is 1. The summed E-state index contributed by atoms with van der Waals surface area (Å²) in [6.07, 6.45) is 1.91. The zero-order chi connectivity index (χ0) is 13.4. The second-order valence-corrected chi connectivity index (χ2v) is 5.00. The maximum Gasteiger partial charge on any atom is 0.255 e. The summed E-state index contributed by atoms with van der Waals surface area (Å²) in [6.45, 7) is 2.81. The number of H-pyrrole nitrogens is 1. The molecular weight excluding hydrogens is 245 g/mol. The molecule has 3 heterocycles. The van der Waals surface area contributed by atoms with E-state index in [1.807, 2.05) is 19.1 Å². The van der Waals surface area contributed by atoms with Gasteiger partial charge in [-0.15, -0.1) is 0 Å². The number of rotatable bonds is 1. The fourth-order valence-corrected chi connectivity index (χ4v) is 2.51. The van der Waals surface area contributed by atoms with Crippen molar-refractivity contribution in [3.63, 3.8) is 0 Å². The van der Waals surface area contributed by atoms with E-state index < -0.39 is 6.17 Å². The summed E-state index contributed by atoms with van der Waals surface area (Å²) >= 11 is 0. The topological polar surface area (TPSA) is 49.0 Å². The lowest BCUT2D eigenvalue weighted by Gasteiger charge is -2.29. The number of likely N-dealkylation sites (tertiary alicyclic amines) is 1. The van der Waals surface area contributed by atoms with Crippen LogP contribution in [-0.4, -0.2) is 40.0 Å². The van der Waals surface area contributed by atoms with Crippen LogP contribution in [0.1, 0.15) is 28.9 Å². The van der Waals surface area contributed by atoms with Crippen molar-refractivity contribution in [2.24, 2.45) is 0 Å². The second kappa shape index (κ2) is 4.64. The van der Waals surface area contributed by atoms with E-state index in [0.717, 1.165) is 11.0 Å². The number of aromatic nitrogens is 2. The monoisotopic (exact) mass is 261 g/mol. The number of fused-ring (bicyclic) bond motifs is 1. The van der Waals surface area contributed by atoms with Crippen molar-refractivity contribution in [2.75, 3.05) is 13.1 Å². The average Bonchev–Trinajstić information content (AvgIpc) is 2.85. The average molecular weight is 261 g/mol. The Hall–Kier alpha value is -1.91. The van der Waals surface area contributed by atoms with Crippen molar-refractivity contribution in [2.45, 2.75) is 25.9 Å². The van der Waals surface area contributed by atoms with Gasteiger partial charge < -0.3 is 9.88 Å². The molecule has 1 saturated heterocycles. The van der Waals surface area contributed by atoms with Crippen molar-refractivity contribution in [3.8, 4) is 0 Å². The summed E-state index contributed by atoms with van der Waals surface area (Å²) in [5.41, 5.74) is 2.11. The van der Waals surface area contributed by atoms with E-state index in [-0.39, 0.29) is 5.91 Å². The number of nitrogens with one attached hydrogen (secondary N) is 1. The second-order valence-electron chi connectivity index (χ2n) is 5.00. The molecule has 19 heavy (non-hydrogen) atoms. The molecule has 3 rings (SSSR count). The van der Waals surface area contributed by atoms with Crippen LogP contribution in [0.15, 0.2) is 18.3 Å². The molecule has 0 aromatic carbocycles. The smallest absolute Gasteiger partial charge is 0.255 e. The van der Waals surface area contributed by atoms with Gasteiger partial charge in [-0.1, -0.05) is 0 Å². The highest BCUT2D eigenvalue weighted by Crippen LogP contribution is 2.20. The first-order chi connectivity index (χ1) is 9.15.